The number of aliphatic imine (C=N–C) groups is 1. The molecule has 0 saturated heterocycles. The van der Waals surface area contributed by atoms with Gasteiger partial charge in [0.25, 0.3) is 0 Å². The van der Waals surface area contributed by atoms with Gasteiger partial charge in [-0.25, -0.2) is 9.38 Å². The first-order valence-corrected chi connectivity index (χ1v) is 10.5. The van der Waals surface area contributed by atoms with Crippen molar-refractivity contribution in [3.8, 4) is 5.88 Å². The average molecular weight is 459 g/mol. The summed E-state index contributed by atoms with van der Waals surface area (Å²) in [4.78, 5) is 31.9. The van der Waals surface area contributed by atoms with Crippen LogP contribution >= 0.6 is 0 Å². The van der Waals surface area contributed by atoms with Crippen LogP contribution in [0.2, 0.25) is 0 Å². The normalized spacial score (nSPS) is 11.6. The number of aliphatic carboxylic acids is 1. The summed E-state index contributed by atoms with van der Waals surface area (Å²) >= 11 is 0. The lowest BCUT2D eigenvalue weighted by molar-refractivity contribution is -0.136. The van der Waals surface area contributed by atoms with Gasteiger partial charge in [-0.15, -0.1) is 0 Å². The summed E-state index contributed by atoms with van der Waals surface area (Å²) in [7, 11) is 1.67. The van der Waals surface area contributed by atoms with Crippen LogP contribution in [-0.4, -0.2) is 39.8 Å². The first-order chi connectivity index (χ1) is 16.2. The number of carboxylic acid groups (broad SMARTS) is 1. The van der Waals surface area contributed by atoms with Crippen LogP contribution in [0.25, 0.3) is 10.9 Å². The second-order valence-electron chi connectivity index (χ2n) is 7.86. The molecule has 3 aromatic carbocycles. The second-order valence-corrected chi connectivity index (χ2v) is 7.86. The minimum absolute atomic E-state index is 0.108. The lowest BCUT2D eigenvalue weighted by Gasteiger charge is -2.15. The summed E-state index contributed by atoms with van der Waals surface area (Å²) in [6, 6.07) is 18.0. The van der Waals surface area contributed by atoms with Crippen molar-refractivity contribution in [2.45, 2.75) is 13.3 Å². The number of aromatic amines is 1. The number of carboxylic acids is 1. The Morgan fingerprint density at radius 2 is 1.79 bits per heavy atom. The van der Waals surface area contributed by atoms with E-state index in [0.717, 1.165) is 0 Å². The molecule has 1 heterocycles. The van der Waals surface area contributed by atoms with Crippen LogP contribution in [0.15, 0.2) is 71.7 Å². The Bertz CT molecular complexity index is 1420. The number of rotatable bonds is 6. The largest absolute Gasteiger partial charge is 0.494 e. The van der Waals surface area contributed by atoms with Crippen molar-refractivity contribution < 1.29 is 24.2 Å². The van der Waals surface area contributed by atoms with Crippen molar-refractivity contribution >= 4 is 39.9 Å². The first-order valence-electron chi connectivity index (χ1n) is 10.5. The molecule has 0 unspecified atom stereocenters. The molecule has 34 heavy (non-hydrogen) atoms. The number of nitrogens with zero attached hydrogens (tertiary/aromatic N) is 2. The van der Waals surface area contributed by atoms with Gasteiger partial charge in [-0.05, 0) is 54.1 Å². The maximum absolute atomic E-state index is 13.8. The smallest absolute Gasteiger partial charge is 0.307 e. The molecule has 0 spiro atoms. The molecule has 4 rings (SSSR count). The Labute approximate surface area is 194 Å². The molecule has 0 atom stereocenters. The highest BCUT2D eigenvalue weighted by atomic mass is 19.1. The van der Waals surface area contributed by atoms with E-state index < -0.39 is 11.8 Å². The molecular formula is C26H22FN3O4. The van der Waals surface area contributed by atoms with Gasteiger partial charge in [-0.1, -0.05) is 18.2 Å². The fourth-order valence-electron chi connectivity index (χ4n) is 3.72. The molecule has 0 aliphatic rings. The summed E-state index contributed by atoms with van der Waals surface area (Å²) in [5.41, 5.74) is 3.56. The Kier molecular flexibility index (Phi) is 6.14. The van der Waals surface area contributed by atoms with Crippen molar-refractivity contribution in [1.82, 2.24) is 4.98 Å². The summed E-state index contributed by atoms with van der Waals surface area (Å²) in [5, 5.41) is 20.5. The van der Waals surface area contributed by atoms with E-state index in [0.29, 0.717) is 44.7 Å². The van der Waals surface area contributed by atoms with E-state index in [4.69, 9.17) is 4.99 Å². The molecule has 0 aliphatic carbocycles. The van der Waals surface area contributed by atoms with Crippen LogP contribution in [0.5, 0.6) is 5.88 Å². The van der Waals surface area contributed by atoms with Gasteiger partial charge in [0, 0.05) is 30.6 Å². The number of aromatic hydroxyl groups is 1. The van der Waals surface area contributed by atoms with Gasteiger partial charge in [-0.2, -0.15) is 0 Å². The molecule has 4 aromatic rings. The zero-order valence-corrected chi connectivity index (χ0v) is 18.5. The molecular weight excluding hydrogens is 437 g/mol. The van der Waals surface area contributed by atoms with E-state index in [1.165, 1.54) is 24.0 Å². The Balaban J connectivity index is 1.89. The number of H-pyrrole nitrogens is 1. The Morgan fingerprint density at radius 1 is 1.06 bits per heavy atom. The number of benzene rings is 3. The molecule has 172 valence electrons. The monoisotopic (exact) mass is 459 g/mol. The third kappa shape index (κ3) is 4.66. The van der Waals surface area contributed by atoms with E-state index in [2.05, 4.69) is 4.98 Å². The van der Waals surface area contributed by atoms with Crippen LogP contribution in [0.1, 0.15) is 23.6 Å². The molecule has 7 nitrogen and oxygen atoms in total. The van der Waals surface area contributed by atoms with Crippen LogP contribution in [0.3, 0.4) is 0 Å². The van der Waals surface area contributed by atoms with Crippen molar-refractivity contribution in [1.29, 1.82) is 0 Å². The third-order valence-corrected chi connectivity index (χ3v) is 5.48. The number of carbonyl (C=O) groups excluding carboxylic acids is 1. The fraction of sp³-hybridized carbons (Fsp3) is 0.115. The summed E-state index contributed by atoms with van der Waals surface area (Å²) in [6.45, 7) is 1.47. The molecule has 0 bridgehead atoms. The van der Waals surface area contributed by atoms with Crippen LogP contribution in [0.4, 0.5) is 15.8 Å². The fourth-order valence-corrected chi connectivity index (χ4v) is 3.72. The molecule has 0 radical (unpaired) electrons. The Morgan fingerprint density at radius 3 is 2.47 bits per heavy atom. The lowest BCUT2D eigenvalue weighted by Crippen LogP contribution is -2.22. The van der Waals surface area contributed by atoms with Crippen LogP contribution in [0, 0.1) is 5.82 Å². The highest BCUT2D eigenvalue weighted by Gasteiger charge is 2.20. The van der Waals surface area contributed by atoms with Gasteiger partial charge in [-0.3, -0.25) is 9.59 Å². The average Bonchev–Trinajstić information content (AvgIpc) is 3.11. The van der Waals surface area contributed by atoms with Crippen LogP contribution in [-0.2, 0) is 16.0 Å². The SMILES string of the molecule is CC(=O)N(C)c1ccc(N=C(c2cccc(CC(=O)O)c2)c2c(O)[nH]c3cc(F)ccc23)cc1. The maximum atomic E-state index is 13.8. The highest BCUT2D eigenvalue weighted by Crippen LogP contribution is 2.32. The zero-order valence-electron chi connectivity index (χ0n) is 18.5. The van der Waals surface area contributed by atoms with E-state index in [1.807, 2.05) is 0 Å². The van der Waals surface area contributed by atoms with Crippen molar-refractivity contribution in [3.63, 3.8) is 0 Å². The van der Waals surface area contributed by atoms with E-state index in [-0.39, 0.29) is 18.2 Å². The van der Waals surface area contributed by atoms with Crippen molar-refractivity contribution in [2.75, 3.05) is 11.9 Å². The summed E-state index contributed by atoms with van der Waals surface area (Å²) < 4.78 is 13.8. The molecule has 0 fully saturated rings. The number of fused-ring (bicyclic) bond motifs is 1. The first kappa shape index (κ1) is 22.7. The number of nitrogens with one attached hydrogen (secondary N) is 1. The number of aromatic nitrogens is 1. The molecule has 1 amide bonds. The number of halogens is 1. The minimum Gasteiger partial charge on any atom is -0.494 e. The number of amides is 1. The summed E-state index contributed by atoms with van der Waals surface area (Å²) in [6.07, 6.45) is -0.168. The third-order valence-electron chi connectivity index (χ3n) is 5.48. The molecule has 8 heteroatoms. The highest BCUT2D eigenvalue weighted by molar-refractivity contribution is 6.22. The molecule has 3 N–H and O–H groups in total. The van der Waals surface area contributed by atoms with Gasteiger partial charge >= 0.3 is 5.97 Å². The maximum Gasteiger partial charge on any atom is 0.307 e. The minimum atomic E-state index is -0.966. The predicted molar refractivity (Wildman–Crippen MR) is 129 cm³/mol. The topological polar surface area (TPSA) is 106 Å². The van der Waals surface area contributed by atoms with Crippen molar-refractivity contribution in [3.05, 3.63) is 89.2 Å². The summed E-state index contributed by atoms with van der Waals surface area (Å²) in [5.74, 6) is -1.71. The predicted octanol–water partition coefficient (Wildman–Crippen LogP) is 4.79. The van der Waals surface area contributed by atoms with E-state index in [9.17, 15) is 24.2 Å². The standard InChI is InChI=1S/C26H22FN3O4/c1-15(31)30(2)20-9-7-19(8-10-20)28-25(17-5-3-4-16(12-17)13-23(32)33)24-21-11-6-18(27)14-22(21)29-26(24)34/h3-12,14,29,34H,13H2,1-2H3,(H,32,33). The zero-order chi connectivity index (χ0) is 24.4. The van der Waals surface area contributed by atoms with Gasteiger partial charge in [0.15, 0.2) is 5.88 Å². The van der Waals surface area contributed by atoms with Crippen molar-refractivity contribution in [2.24, 2.45) is 4.99 Å². The van der Waals surface area contributed by atoms with Gasteiger partial charge in [0.05, 0.1) is 28.9 Å². The molecule has 0 saturated carbocycles. The number of anilines is 1. The molecule has 0 aliphatic heterocycles. The number of carbonyl (C=O) groups is 2. The lowest BCUT2D eigenvalue weighted by atomic mass is 9.98. The van der Waals surface area contributed by atoms with Gasteiger partial charge in [0.1, 0.15) is 5.82 Å². The number of hydrogen-bond donors (Lipinski definition) is 3. The van der Waals surface area contributed by atoms with Gasteiger partial charge < -0.3 is 20.1 Å². The van der Waals surface area contributed by atoms with Gasteiger partial charge in [0.2, 0.25) is 5.91 Å². The van der Waals surface area contributed by atoms with Crippen LogP contribution < -0.4 is 4.90 Å². The Hall–Kier alpha value is -4.46. The van der Waals surface area contributed by atoms with E-state index in [1.54, 1.807) is 61.6 Å². The second kappa shape index (κ2) is 9.19. The van der Waals surface area contributed by atoms with E-state index >= 15 is 0 Å². The molecule has 1 aromatic heterocycles. The quantitative estimate of drug-likeness (QED) is 0.361. The number of hydrogen-bond acceptors (Lipinski definition) is 4.